The van der Waals surface area contributed by atoms with E-state index in [1.165, 1.54) is 24.1 Å². The molecule has 136 valence electrons. The van der Waals surface area contributed by atoms with E-state index in [4.69, 9.17) is 46.4 Å². The van der Waals surface area contributed by atoms with Gasteiger partial charge in [0.1, 0.15) is 0 Å². The van der Waals surface area contributed by atoms with E-state index >= 15 is 0 Å². The summed E-state index contributed by atoms with van der Waals surface area (Å²) in [6.45, 7) is -0.173. The fraction of sp³-hybridized carbons (Fsp3) is 0.111. The Morgan fingerprint density at radius 2 is 1.69 bits per heavy atom. The molecular formula is C18H14Cl4N2O2. The first kappa shape index (κ1) is 20.6. The summed E-state index contributed by atoms with van der Waals surface area (Å²) >= 11 is 24.0. The number of nitrogens with one attached hydrogen (secondary N) is 1. The van der Waals surface area contributed by atoms with Crippen LogP contribution in [0.1, 0.15) is 5.56 Å². The maximum Gasteiger partial charge on any atom is 0.246 e. The topological polar surface area (TPSA) is 49.4 Å². The lowest BCUT2D eigenvalue weighted by Crippen LogP contribution is -2.34. The smallest absolute Gasteiger partial charge is 0.246 e. The number of hydrogen-bond donors (Lipinski definition) is 1. The number of amides is 2. The van der Waals surface area contributed by atoms with Gasteiger partial charge in [0.05, 0.1) is 22.3 Å². The lowest BCUT2D eigenvalue weighted by atomic mass is 10.2. The highest BCUT2D eigenvalue weighted by atomic mass is 35.5. The Morgan fingerprint density at radius 3 is 2.35 bits per heavy atom. The van der Waals surface area contributed by atoms with Gasteiger partial charge in [-0.15, -0.1) is 0 Å². The van der Waals surface area contributed by atoms with E-state index in [1.54, 1.807) is 36.4 Å². The molecule has 0 saturated heterocycles. The summed E-state index contributed by atoms with van der Waals surface area (Å²) in [5, 5.41) is 4.20. The third-order valence-corrected chi connectivity index (χ3v) is 4.56. The molecule has 4 nitrogen and oxygen atoms in total. The Morgan fingerprint density at radius 1 is 1.04 bits per heavy atom. The number of hydrogen-bond acceptors (Lipinski definition) is 2. The van der Waals surface area contributed by atoms with Gasteiger partial charge in [0.15, 0.2) is 0 Å². The van der Waals surface area contributed by atoms with Gasteiger partial charge in [-0.25, -0.2) is 0 Å². The van der Waals surface area contributed by atoms with Crippen molar-refractivity contribution in [2.45, 2.75) is 0 Å². The summed E-state index contributed by atoms with van der Waals surface area (Å²) in [4.78, 5) is 25.5. The molecule has 2 aromatic carbocycles. The second-order valence-corrected chi connectivity index (χ2v) is 7.00. The van der Waals surface area contributed by atoms with Crippen molar-refractivity contribution in [1.29, 1.82) is 0 Å². The van der Waals surface area contributed by atoms with Gasteiger partial charge in [-0.2, -0.15) is 0 Å². The Kier molecular flexibility index (Phi) is 7.35. The molecule has 0 heterocycles. The molecule has 2 rings (SSSR count). The quantitative estimate of drug-likeness (QED) is 0.643. The van der Waals surface area contributed by atoms with E-state index in [1.807, 2.05) is 0 Å². The standard InChI is InChI=1S/C18H14Cl4N2O2/c1-24(10-16(25)23-18-14(21)3-2-4-15(18)22)17(26)8-5-11-9-12(19)6-7-13(11)20/h2-9H,10H2,1H3,(H,23,25)/b8-5+. The van der Waals surface area contributed by atoms with Crippen LogP contribution < -0.4 is 5.32 Å². The summed E-state index contributed by atoms with van der Waals surface area (Å²) in [7, 11) is 1.50. The molecule has 0 saturated carbocycles. The van der Waals surface area contributed by atoms with Crippen molar-refractivity contribution in [1.82, 2.24) is 4.90 Å². The molecule has 0 atom stereocenters. The maximum absolute atomic E-state index is 12.2. The molecule has 0 radical (unpaired) electrons. The first-order chi connectivity index (χ1) is 12.3. The molecule has 0 unspecified atom stereocenters. The molecule has 26 heavy (non-hydrogen) atoms. The van der Waals surface area contributed by atoms with E-state index in [0.717, 1.165) is 0 Å². The lowest BCUT2D eigenvalue weighted by molar-refractivity contribution is -0.129. The number of carbonyl (C=O) groups is 2. The first-order valence-electron chi connectivity index (χ1n) is 7.40. The molecule has 0 aromatic heterocycles. The highest BCUT2D eigenvalue weighted by Gasteiger charge is 2.14. The van der Waals surface area contributed by atoms with Crippen LogP contribution in [0.3, 0.4) is 0 Å². The van der Waals surface area contributed by atoms with Gasteiger partial charge in [0.2, 0.25) is 11.8 Å². The van der Waals surface area contributed by atoms with Crippen LogP contribution in [0, 0.1) is 0 Å². The van der Waals surface area contributed by atoms with E-state index in [0.29, 0.717) is 31.3 Å². The molecule has 0 bridgehead atoms. The first-order valence-corrected chi connectivity index (χ1v) is 8.91. The van der Waals surface area contributed by atoms with Gasteiger partial charge >= 0.3 is 0 Å². The zero-order valence-electron chi connectivity index (χ0n) is 13.6. The number of nitrogens with zero attached hydrogens (tertiary/aromatic N) is 1. The average molecular weight is 432 g/mol. The number of rotatable bonds is 5. The SMILES string of the molecule is CN(CC(=O)Nc1c(Cl)cccc1Cl)C(=O)/C=C/c1cc(Cl)ccc1Cl. The lowest BCUT2D eigenvalue weighted by Gasteiger charge is -2.16. The Bertz CT molecular complexity index is 848. The Balaban J connectivity index is 1.99. The number of likely N-dealkylation sites (N-methyl/N-ethyl adjacent to an activating group) is 1. The van der Waals surface area contributed by atoms with E-state index in [9.17, 15) is 9.59 Å². The van der Waals surface area contributed by atoms with Crippen LogP contribution >= 0.6 is 46.4 Å². The summed E-state index contributed by atoms with van der Waals surface area (Å²) in [6.07, 6.45) is 2.85. The largest absolute Gasteiger partial charge is 0.333 e. The molecule has 8 heteroatoms. The van der Waals surface area contributed by atoms with E-state index in [2.05, 4.69) is 5.32 Å². The molecule has 0 aliphatic rings. The maximum atomic E-state index is 12.2. The van der Waals surface area contributed by atoms with Crippen molar-refractivity contribution in [3.8, 4) is 0 Å². The highest BCUT2D eigenvalue weighted by molar-refractivity contribution is 6.39. The van der Waals surface area contributed by atoms with Gasteiger partial charge in [-0.05, 0) is 42.0 Å². The number of para-hydroxylation sites is 1. The monoisotopic (exact) mass is 430 g/mol. The van der Waals surface area contributed by atoms with Crippen LogP contribution in [-0.4, -0.2) is 30.3 Å². The third-order valence-electron chi connectivity index (χ3n) is 3.35. The fourth-order valence-corrected chi connectivity index (χ4v) is 2.87. The van der Waals surface area contributed by atoms with Crippen LogP contribution in [0.2, 0.25) is 20.1 Å². The van der Waals surface area contributed by atoms with Gasteiger partial charge in [0.25, 0.3) is 0 Å². The van der Waals surface area contributed by atoms with Crippen molar-refractivity contribution >= 4 is 70.0 Å². The molecule has 0 fully saturated rings. The van der Waals surface area contributed by atoms with Gasteiger partial charge in [-0.3, -0.25) is 9.59 Å². The van der Waals surface area contributed by atoms with Gasteiger partial charge in [-0.1, -0.05) is 52.5 Å². The van der Waals surface area contributed by atoms with Gasteiger partial charge in [0, 0.05) is 23.2 Å². The van der Waals surface area contributed by atoms with Crippen molar-refractivity contribution in [2.24, 2.45) is 0 Å². The van der Waals surface area contributed by atoms with E-state index < -0.39 is 5.91 Å². The van der Waals surface area contributed by atoms with Crippen molar-refractivity contribution in [2.75, 3.05) is 18.9 Å². The summed E-state index contributed by atoms with van der Waals surface area (Å²) < 4.78 is 0. The predicted molar refractivity (Wildman–Crippen MR) is 108 cm³/mol. The summed E-state index contributed by atoms with van der Waals surface area (Å²) in [6, 6.07) is 9.81. The second kappa shape index (κ2) is 9.28. The summed E-state index contributed by atoms with van der Waals surface area (Å²) in [5.41, 5.74) is 0.913. The molecule has 0 aliphatic carbocycles. The van der Waals surface area contributed by atoms with Crippen LogP contribution in [0.4, 0.5) is 5.69 Å². The van der Waals surface area contributed by atoms with Crippen molar-refractivity contribution in [3.05, 3.63) is 68.1 Å². The minimum Gasteiger partial charge on any atom is -0.333 e. The minimum absolute atomic E-state index is 0.173. The van der Waals surface area contributed by atoms with E-state index in [-0.39, 0.29) is 12.5 Å². The highest BCUT2D eigenvalue weighted by Crippen LogP contribution is 2.29. The third kappa shape index (κ3) is 5.64. The Labute approximate surface area is 171 Å². The zero-order valence-corrected chi connectivity index (χ0v) is 16.6. The number of anilines is 1. The van der Waals surface area contributed by atoms with Crippen molar-refractivity contribution < 1.29 is 9.59 Å². The zero-order chi connectivity index (χ0) is 19.3. The molecule has 0 aliphatic heterocycles. The number of benzene rings is 2. The van der Waals surface area contributed by atoms with Crippen LogP contribution in [0.5, 0.6) is 0 Å². The van der Waals surface area contributed by atoms with Crippen molar-refractivity contribution in [3.63, 3.8) is 0 Å². The minimum atomic E-state index is -0.426. The second-order valence-electron chi connectivity index (χ2n) is 5.34. The molecule has 2 amide bonds. The predicted octanol–water partition coefficient (Wildman–Crippen LogP) is 5.41. The Hall–Kier alpha value is -1.72. The van der Waals surface area contributed by atoms with Crippen LogP contribution in [0.15, 0.2) is 42.5 Å². The van der Waals surface area contributed by atoms with Gasteiger partial charge < -0.3 is 10.2 Å². The van der Waals surface area contributed by atoms with Crippen LogP contribution in [-0.2, 0) is 9.59 Å². The molecular weight excluding hydrogens is 418 g/mol. The van der Waals surface area contributed by atoms with Crippen LogP contribution in [0.25, 0.3) is 6.08 Å². The normalized spacial score (nSPS) is 10.8. The number of halogens is 4. The fourth-order valence-electron chi connectivity index (χ4n) is 2.02. The molecule has 0 spiro atoms. The molecule has 2 aromatic rings. The number of carbonyl (C=O) groups excluding carboxylic acids is 2. The summed E-state index contributed by atoms with van der Waals surface area (Å²) in [5.74, 6) is -0.800. The molecule has 1 N–H and O–H groups in total. The average Bonchev–Trinajstić information content (AvgIpc) is 2.58.